The number of carboxylic acid groups (broad SMARTS) is 1. The number of thioether (sulfide) groups is 1. The lowest BCUT2D eigenvalue weighted by Crippen LogP contribution is -2.70. The highest BCUT2D eigenvalue weighted by Crippen LogP contribution is 2.38. The van der Waals surface area contributed by atoms with Crippen LogP contribution in [0.3, 0.4) is 0 Å². The van der Waals surface area contributed by atoms with E-state index in [9.17, 15) is 14.4 Å². The van der Waals surface area contributed by atoms with Gasteiger partial charge in [0.25, 0.3) is 11.8 Å². The van der Waals surface area contributed by atoms with Crippen molar-refractivity contribution in [2.75, 3.05) is 11.5 Å². The van der Waals surface area contributed by atoms with E-state index in [4.69, 9.17) is 22.4 Å². The summed E-state index contributed by atoms with van der Waals surface area (Å²) in [7, 11) is 0. The lowest BCUT2D eigenvalue weighted by atomic mass is 10.0. The molecular formula is C14H13ClN4O4S2. The number of nitrogen functional groups attached to an aromatic ring is 1. The number of aromatic nitrogens is 1. The fraction of sp³-hybridized carbons (Fsp3) is 0.286. The summed E-state index contributed by atoms with van der Waals surface area (Å²) in [5.41, 5.74) is 6.01. The Bertz CT molecular complexity index is 835. The zero-order chi connectivity index (χ0) is 18.3. The van der Waals surface area contributed by atoms with Crippen LogP contribution in [0.15, 0.2) is 17.8 Å². The van der Waals surface area contributed by atoms with Crippen LogP contribution >= 0.6 is 34.7 Å². The normalized spacial score (nSPS) is 22.8. The van der Waals surface area contributed by atoms with Gasteiger partial charge in [0.2, 0.25) is 0 Å². The van der Waals surface area contributed by atoms with Crippen molar-refractivity contribution < 1.29 is 19.5 Å². The number of carboxylic acids is 1. The molecule has 2 aliphatic rings. The Hall–Kier alpha value is -2.04. The highest BCUT2D eigenvalue weighted by molar-refractivity contribution is 8.00. The molecule has 3 rings (SSSR count). The Balaban J connectivity index is 1.76. The van der Waals surface area contributed by atoms with E-state index in [1.807, 2.05) is 0 Å². The maximum Gasteiger partial charge on any atom is 0.352 e. The Morgan fingerprint density at radius 2 is 2.28 bits per heavy atom. The van der Waals surface area contributed by atoms with Crippen LogP contribution in [0.1, 0.15) is 12.6 Å². The summed E-state index contributed by atoms with van der Waals surface area (Å²) in [6.45, 7) is 1.65. The van der Waals surface area contributed by atoms with Gasteiger partial charge in [0, 0.05) is 5.75 Å². The van der Waals surface area contributed by atoms with Gasteiger partial charge in [0.1, 0.15) is 27.1 Å². The molecule has 1 saturated heterocycles. The topological polar surface area (TPSA) is 126 Å². The van der Waals surface area contributed by atoms with Crippen LogP contribution < -0.4 is 11.1 Å². The molecule has 0 aromatic carbocycles. The van der Waals surface area contributed by atoms with E-state index in [0.29, 0.717) is 5.75 Å². The monoisotopic (exact) mass is 400 g/mol. The van der Waals surface area contributed by atoms with Crippen LogP contribution in [-0.4, -0.2) is 49.9 Å². The third-order valence-electron chi connectivity index (χ3n) is 3.74. The molecule has 0 bridgehead atoms. The van der Waals surface area contributed by atoms with Crippen molar-refractivity contribution in [2.45, 2.75) is 18.3 Å². The molecule has 4 N–H and O–H groups in total. The molecule has 2 aliphatic heterocycles. The van der Waals surface area contributed by atoms with Crippen LogP contribution in [0.4, 0.5) is 5.13 Å². The second-order valence-electron chi connectivity index (χ2n) is 5.15. The molecule has 11 heteroatoms. The van der Waals surface area contributed by atoms with Gasteiger partial charge in [-0.05, 0) is 13.0 Å². The second kappa shape index (κ2) is 6.70. The molecule has 1 fully saturated rings. The molecule has 0 radical (unpaired) electrons. The van der Waals surface area contributed by atoms with Crippen LogP contribution in [0.5, 0.6) is 0 Å². The number of halogens is 1. The first-order valence-corrected chi connectivity index (χ1v) is 9.37. The smallest absolute Gasteiger partial charge is 0.352 e. The van der Waals surface area contributed by atoms with Crippen molar-refractivity contribution in [3.8, 4) is 0 Å². The van der Waals surface area contributed by atoms with Crippen molar-refractivity contribution in [2.24, 2.45) is 0 Å². The molecule has 1 unspecified atom stereocenters. The number of nitrogens with one attached hydrogen (secondary N) is 1. The number of fused-ring (bicyclic) bond motifs is 1. The number of hydrogen-bond donors (Lipinski definition) is 3. The first-order chi connectivity index (χ1) is 11.8. The van der Waals surface area contributed by atoms with Gasteiger partial charge in [-0.15, -0.1) is 11.8 Å². The van der Waals surface area contributed by atoms with E-state index in [2.05, 4.69) is 10.3 Å². The summed E-state index contributed by atoms with van der Waals surface area (Å²) in [5.74, 6) is -1.69. The van der Waals surface area contributed by atoms with E-state index in [0.717, 1.165) is 11.3 Å². The maximum atomic E-state index is 12.5. The van der Waals surface area contributed by atoms with Crippen LogP contribution in [0, 0.1) is 0 Å². The number of nitrogens with two attached hydrogens (primary N) is 1. The SMILES string of the molecule is C/C=C(\C(=O)NC1C(=O)N2C(C(=O)O)=CCS[C@H]12)c1nc(N)sc1Cl. The van der Waals surface area contributed by atoms with Gasteiger partial charge in [-0.3, -0.25) is 14.5 Å². The number of allylic oxidation sites excluding steroid dienone is 1. The first kappa shape index (κ1) is 17.8. The molecule has 0 aliphatic carbocycles. The van der Waals surface area contributed by atoms with E-state index in [1.165, 1.54) is 28.8 Å². The van der Waals surface area contributed by atoms with Crippen molar-refractivity contribution in [3.05, 3.63) is 27.9 Å². The average molecular weight is 401 g/mol. The lowest BCUT2D eigenvalue weighted by Gasteiger charge is -2.48. The van der Waals surface area contributed by atoms with E-state index >= 15 is 0 Å². The molecule has 3 heterocycles. The zero-order valence-electron chi connectivity index (χ0n) is 12.9. The zero-order valence-corrected chi connectivity index (χ0v) is 15.2. The molecule has 25 heavy (non-hydrogen) atoms. The number of amides is 2. The van der Waals surface area contributed by atoms with Gasteiger partial charge in [-0.25, -0.2) is 9.78 Å². The molecular weight excluding hydrogens is 388 g/mol. The van der Waals surface area contributed by atoms with Crippen LogP contribution in [0.2, 0.25) is 4.34 Å². The molecule has 2 atom stereocenters. The maximum absolute atomic E-state index is 12.5. The molecule has 8 nitrogen and oxygen atoms in total. The average Bonchev–Trinajstić information content (AvgIpc) is 2.90. The highest BCUT2D eigenvalue weighted by Gasteiger charge is 2.52. The molecule has 1 aromatic heterocycles. The second-order valence-corrected chi connectivity index (χ2v) is 7.94. The summed E-state index contributed by atoms with van der Waals surface area (Å²) >= 11 is 8.48. The number of nitrogens with zero attached hydrogens (tertiary/aromatic N) is 2. The van der Waals surface area contributed by atoms with Crippen LogP contribution in [0.25, 0.3) is 5.57 Å². The number of rotatable bonds is 4. The minimum absolute atomic E-state index is 0.0548. The van der Waals surface area contributed by atoms with E-state index in [-0.39, 0.29) is 26.4 Å². The standard InChI is InChI=1S/C14H13ClN4O4S2/c1-2-5(7-9(15)25-14(16)18-7)10(20)17-8-11(21)19-6(13(22)23)3-4-24-12(8)19/h2-3,8,12H,4H2,1H3,(H2,16,18)(H,17,20)(H,22,23)/b5-2-/t8?,12-/m1/s1. The van der Waals surface area contributed by atoms with Crippen molar-refractivity contribution in [3.63, 3.8) is 0 Å². The predicted molar refractivity (Wildman–Crippen MR) is 95.9 cm³/mol. The minimum Gasteiger partial charge on any atom is -0.477 e. The Labute approximate surface area is 155 Å². The first-order valence-electron chi connectivity index (χ1n) is 7.12. The number of thiazole rings is 1. The third kappa shape index (κ3) is 3.00. The number of carbonyl (C=O) groups excluding carboxylic acids is 2. The highest BCUT2D eigenvalue weighted by atomic mass is 35.5. The van der Waals surface area contributed by atoms with Crippen molar-refractivity contribution in [1.82, 2.24) is 15.2 Å². The van der Waals surface area contributed by atoms with Crippen LogP contribution in [-0.2, 0) is 14.4 Å². The lowest BCUT2D eigenvalue weighted by molar-refractivity contribution is -0.150. The number of carbonyl (C=O) groups is 3. The van der Waals surface area contributed by atoms with E-state index < -0.39 is 29.2 Å². The molecule has 0 saturated carbocycles. The van der Waals surface area contributed by atoms with Gasteiger partial charge >= 0.3 is 5.97 Å². The fourth-order valence-electron chi connectivity index (χ4n) is 2.62. The minimum atomic E-state index is -1.16. The molecule has 2 amide bonds. The molecule has 0 spiro atoms. The summed E-state index contributed by atoms with van der Waals surface area (Å²) in [4.78, 5) is 41.2. The van der Waals surface area contributed by atoms with Gasteiger partial charge in [-0.2, -0.15) is 0 Å². The Morgan fingerprint density at radius 1 is 1.56 bits per heavy atom. The van der Waals surface area contributed by atoms with Gasteiger partial charge in [0.05, 0.1) is 5.57 Å². The summed E-state index contributed by atoms with van der Waals surface area (Å²) in [6.07, 6.45) is 3.02. The Morgan fingerprint density at radius 3 is 2.84 bits per heavy atom. The van der Waals surface area contributed by atoms with Crippen molar-refractivity contribution >= 4 is 63.2 Å². The summed E-state index contributed by atoms with van der Waals surface area (Å²) in [5, 5.41) is 11.6. The quantitative estimate of drug-likeness (QED) is 0.511. The summed E-state index contributed by atoms with van der Waals surface area (Å²) < 4.78 is 0.283. The Kier molecular flexibility index (Phi) is 4.76. The van der Waals surface area contributed by atoms with Gasteiger partial charge < -0.3 is 16.2 Å². The van der Waals surface area contributed by atoms with E-state index in [1.54, 1.807) is 6.92 Å². The largest absolute Gasteiger partial charge is 0.477 e. The fourth-order valence-corrected chi connectivity index (χ4v) is 4.76. The number of aliphatic carboxylic acids is 1. The number of β-lactam (4-membered cyclic amide) rings is 1. The predicted octanol–water partition coefficient (Wildman–Crippen LogP) is 1.15. The number of anilines is 1. The van der Waals surface area contributed by atoms with Gasteiger partial charge in [-0.1, -0.05) is 29.0 Å². The molecule has 132 valence electrons. The summed E-state index contributed by atoms with van der Waals surface area (Å²) in [6, 6.07) is -0.801. The third-order valence-corrected chi connectivity index (χ3v) is 6.01. The van der Waals surface area contributed by atoms with Gasteiger partial charge in [0.15, 0.2) is 5.13 Å². The van der Waals surface area contributed by atoms with Crippen molar-refractivity contribution in [1.29, 1.82) is 0 Å². The molecule has 1 aromatic rings. The number of hydrogen-bond acceptors (Lipinski definition) is 7.